The molecule has 0 atom stereocenters. The number of hydrogen-bond acceptors (Lipinski definition) is 4. The zero-order valence-corrected chi connectivity index (χ0v) is 18.9. The first-order valence-electron chi connectivity index (χ1n) is 11.4. The van der Waals surface area contributed by atoms with Crippen molar-refractivity contribution in [3.05, 3.63) is 133 Å². The molecular formula is C30H22N4O. The lowest BCUT2D eigenvalue weighted by Crippen LogP contribution is -2.09. The van der Waals surface area contributed by atoms with E-state index in [4.69, 9.17) is 14.6 Å². The smallest absolute Gasteiger partial charge is 0.156 e. The third-order valence-corrected chi connectivity index (χ3v) is 5.74. The molecule has 5 nitrogen and oxygen atoms in total. The fraction of sp³-hybridized carbons (Fsp3) is 0. The van der Waals surface area contributed by atoms with Gasteiger partial charge in [0.1, 0.15) is 11.3 Å². The standard InChI is InChI=1S/C30H22N4O/c1-4-13-25(14-5-1)33-22-24(30(32-33)29-20-23-12-10-11-19-28(23)35-29)21-31-34(26-15-6-2-7-16-26)27-17-8-3-9-18-27/h1-22H. The van der Waals surface area contributed by atoms with Crippen LogP contribution in [-0.4, -0.2) is 16.0 Å². The lowest BCUT2D eigenvalue weighted by atomic mass is 10.2. The summed E-state index contributed by atoms with van der Waals surface area (Å²) in [6, 6.07) is 40.2. The number of nitrogens with zero attached hydrogens (tertiary/aromatic N) is 4. The van der Waals surface area contributed by atoms with Gasteiger partial charge in [-0.3, -0.25) is 0 Å². The van der Waals surface area contributed by atoms with Gasteiger partial charge >= 0.3 is 0 Å². The number of anilines is 2. The number of benzene rings is 4. The summed E-state index contributed by atoms with van der Waals surface area (Å²) < 4.78 is 8.03. The Balaban J connectivity index is 1.47. The third kappa shape index (κ3) is 4.23. The molecule has 0 saturated heterocycles. The molecular weight excluding hydrogens is 432 g/mol. The van der Waals surface area contributed by atoms with Crippen LogP contribution in [0.1, 0.15) is 5.56 Å². The summed E-state index contributed by atoms with van der Waals surface area (Å²) in [6.07, 6.45) is 3.82. The van der Waals surface area contributed by atoms with E-state index < -0.39 is 0 Å². The van der Waals surface area contributed by atoms with E-state index in [1.54, 1.807) is 0 Å². The Morgan fingerprint density at radius 3 is 1.97 bits per heavy atom. The van der Waals surface area contributed by atoms with E-state index in [0.29, 0.717) is 5.76 Å². The molecule has 4 aromatic carbocycles. The minimum absolute atomic E-state index is 0.702. The molecule has 0 saturated carbocycles. The summed E-state index contributed by atoms with van der Waals surface area (Å²) in [5.41, 5.74) is 5.31. The molecule has 0 N–H and O–H groups in total. The molecule has 0 spiro atoms. The molecule has 0 bridgehead atoms. The third-order valence-electron chi connectivity index (χ3n) is 5.74. The second kappa shape index (κ2) is 9.15. The predicted octanol–water partition coefficient (Wildman–Crippen LogP) is 7.46. The zero-order valence-electron chi connectivity index (χ0n) is 18.9. The summed E-state index contributed by atoms with van der Waals surface area (Å²) in [5, 5.41) is 12.7. The molecule has 6 rings (SSSR count). The number of fused-ring (bicyclic) bond motifs is 1. The van der Waals surface area contributed by atoms with Gasteiger partial charge in [0.05, 0.1) is 23.3 Å². The fourth-order valence-corrected chi connectivity index (χ4v) is 4.03. The topological polar surface area (TPSA) is 46.6 Å². The van der Waals surface area contributed by atoms with Gasteiger partial charge in [0.2, 0.25) is 0 Å². The van der Waals surface area contributed by atoms with Crippen LogP contribution >= 0.6 is 0 Å². The Morgan fingerprint density at radius 1 is 0.714 bits per heavy atom. The van der Waals surface area contributed by atoms with Crippen LogP contribution in [0.4, 0.5) is 11.4 Å². The Morgan fingerprint density at radius 2 is 1.31 bits per heavy atom. The number of hydrogen-bond donors (Lipinski definition) is 0. The average molecular weight is 455 g/mol. The van der Waals surface area contributed by atoms with Crippen molar-refractivity contribution in [2.24, 2.45) is 5.10 Å². The Kier molecular flexibility index (Phi) is 5.41. The van der Waals surface area contributed by atoms with E-state index >= 15 is 0 Å². The van der Waals surface area contributed by atoms with E-state index in [1.807, 2.05) is 143 Å². The van der Waals surface area contributed by atoms with Gasteiger partial charge < -0.3 is 4.42 Å². The second-order valence-electron chi connectivity index (χ2n) is 8.09. The largest absolute Gasteiger partial charge is 0.454 e. The molecule has 2 aromatic heterocycles. The molecule has 0 aliphatic heterocycles. The van der Waals surface area contributed by atoms with Crippen molar-refractivity contribution < 1.29 is 4.42 Å². The van der Waals surface area contributed by atoms with Crippen LogP contribution in [0.2, 0.25) is 0 Å². The molecule has 0 radical (unpaired) electrons. The number of hydrazone groups is 1. The summed E-state index contributed by atoms with van der Waals surface area (Å²) in [7, 11) is 0. The van der Waals surface area contributed by atoms with Gasteiger partial charge in [0.15, 0.2) is 5.76 Å². The van der Waals surface area contributed by atoms with E-state index in [1.165, 1.54) is 0 Å². The summed E-state index contributed by atoms with van der Waals surface area (Å²) in [6.45, 7) is 0. The summed E-state index contributed by atoms with van der Waals surface area (Å²) >= 11 is 0. The Hall–Kier alpha value is -4.90. The molecule has 5 heteroatoms. The fourth-order valence-electron chi connectivity index (χ4n) is 4.03. The van der Waals surface area contributed by atoms with Gasteiger partial charge in [-0.05, 0) is 48.5 Å². The average Bonchev–Trinajstić information content (AvgIpc) is 3.55. The highest BCUT2D eigenvalue weighted by Gasteiger charge is 2.16. The van der Waals surface area contributed by atoms with Crippen LogP contribution in [0.15, 0.2) is 137 Å². The van der Waals surface area contributed by atoms with E-state index in [-0.39, 0.29) is 0 Å². The summed E-state index contributed by atoms with van der Waals surface area (Å²) in [5.74, 6) is 0.702. The van der Waals surface area contributed by atoms with Gasteiger partial charge in [-0.25, -0.2) is 9.69 Å². The molecule has 0 aliphatic carbocycles. The van der Waals surface area contributed by atoms with Gasteiger partial charge in [-0.1, -0.05) is 72.8 Å². The molecule has 6 aromatic rings. The predicted molar refractivity (Wildman–Crippen MR) is 141 cm³/mol. The van der Waals surface area contributed by atoms with Gasteiger partial charge in [0.25, 0.3) is 0 Å². The highest BCUT2D eigenvalue weighted by atomic mass is 16.3. The van der Waals surface area contributed by atoms with E-state index in [9.17, 15) is 0 Å². The minimum atomic E-state index is 0.702. The lowest BCUT2D eigenvalue weighted by molar-refractivity contribution is 0.627. The van der Waals surface area contributed by atoms with Crippen molar-refractivity contribution >= 4 is 28.6 Å². The summed E-state index contributed by atoms with van der Waals surface area (Å²) in [4.78, 5) is 0. The first-order chi connectivity index (χ1) is 17.3. The van der Waals surface area contributed by atoms with Crippen molar-refractivity contribution in [2.45, 2.75) is 0 Å². The minimum Gasteiger partial charge on any atom is -0.454 e. The molecule has 2 heterocycles. The normalized spacial score (nSPS) is 11.3. The number of rotatable bonds is 6. The molecule has 0 amide bonds. The maximum Gasteiger partial charge on any atom is 0.156 e. The van der Waals surface area contributed by atoms with Crippen molar-refractivity contribution in [2.75, 3.05) is 5.01 Å². The van der Waals surface area contributed by atoms with Gasteiger partial charge in [-0.15, -0.1) is 0 Å². The van der Waals surface area contributed by atoms with E-state index in [2.05, 4.69) is 0 Å². The van der Waals surface area contributed by atoms with Crippen LogP contribution in [-0.2, 0) is 0 Å². The monoisotopic (exact) mass is 454 g/mol. The Labute approximate surface area is 203 Å². The lowest BCUT2D eigenvalue weighted by Gasteiger charge is -2.19. The first-order valence-corrected chi connectivity index (χ1v) is 11.4. The molecule has 0 aliphatic rings. The Bertz CT molecular complexity index is 1510. The van der Waals surface area contributed by atoms with Gasteiger partial charge in [0, 0.05) is 17.1 Å². The maximum absolute atomic E-state index is 6.17. The van der Waals surface area contributed by atoms with Crippen LogP contribution in [0.25, 0.3) is 28.1 Å². The molecule has 0 unspecified atom stereocenters. The first kappa shape index (κ1) is 20.7. The van der Waals surface area contributed by atoms with Gasteiger partial charge in [-0.2, -0.15) is 10.2 Å². The second-order valence-corrected chi connectivity index (χ2v) is 8.09. The quantitative estimate of drug-likeness (QED) is 0.194. The molecule has 0 fully saturated rings. The SMILES string of the molecule is C(=NN(c1ccccc1)c1ccccc1)c1cn(-c2ccccc2)nc1-c1cc2ccccc2o1. The van der Waals surface area contributed by atoms with Crippen LogP contribution in [0.3, 0.4) is 0 Å². The maximum atomic E-state index is 6.17. The highest BCUT2D eigenvalue weighted by molar-refractivity contribution is 5.91. The van der Waals surface area contributed by atoms with Crippen LogP contribution in [0, 0.1) is 0 Å². The molecule has 35 heavy (non-hydrogen) atoms. The highest BCUT2D eigenvalue weighted by Crippen LogP contribution is 2.30. The van der Waals surface area contributed by atoms with Crippen molar-refractivity contribution in [3.63, 3.8) is 0 Å². The number of furan rings is 1. The number of para-hydroxylation sites is 4. The molecule has 168 valence electrons. The zero-order chi connectivity index (χ0) is 23.5. The van der Waals surface area contributed by atoms with Crippen molar-refractivity contribution in [1.29, 1.82) is 0 Å². The van der Waals surface area contributed by atoms with E-state index in [0.717, 1.165) is 39.3 Å². The van der Waals surface area contributed by atoms with Crippen molar-refractivity contribution in [3.8, 4) is 17.1 Å². The van der Waals surface area contributed by atoms with Crippen molar-refractivity contribution in [1.82, 2.24) is 9.78 Å². The van der Waals surface area contributed by atoms with Crippen LogP contribution < -0.4 is 5.01 Å². The van der Waals surface area contributed by atoms with Crippen LogP contribution in [0.5, 0.6) is 0 Å². The number of aromatic nitrogens is 2.